The molecule has 154 valence electrons. The van der Waals surface area contributed by atoms with Crippen molar-refractivity contribution in [3.8, 4) is 5.75 Å². The van der Waals surface area contributed by atoms with Crippen molar-refractivity contribution < 1.29 is 22.9 Å². The van der Waals surface area contributed by atoms with E-state index in [2.05, 4.69) is 10.0 Å². The summed E-state index contributed by atoms with van der Waals surface area (Å²) >= 11 is 0. The van der Waals surface area contributed by atoms with Crippen LogP contribution in [0.3, 0.4) is 0 Å². The second-order valence-electron chi connectivity index (χ2n) is 6.06. The predicted molar refractivity (Wildman–Crippen MR) is 111 cm³/mol. The standard InChI is InChI=1S/C20H17N3O6S/c24-20(14-29-19-9-5-4-8-18(19)23(25)26)21-15-10-12-17(13-11-15)30(27,28)22-16-6-2-1-3-7-16/h1-13,22H,14H2,(H,21,24). The first kappa shape index (κ1) is 20.8. The minimum Gasteiger partial charge on any atom is -0.477 e. The number of nitrogens with zero attached hydrogens (tertiary/aromatic N) is 1. The lowest BCUT2D eigenvalue weighted by Crippen LogP contribution is -2.20. The van der Waals surface area contributed by atoms with Crippen LogP contribution in [0.2, 0.25) is 0 Å². The van der Waals surface area contributed by atoms with Crippen LogP contribution in [-0.4, -0.2) is 25.9 Å². The molecule has 3 aromatic carbocycles. The van der Waals surface area contributed by atoms with E-state index in [1.165, 1.54) is 42.5 Å². The Hall–Kier alpha value is -3.92. The molecule has 9 nitrogen and oxygen atoms in total. The third-order valence-corrected chi connectivity index (χ3v) is 5.29. The van der Waals surface area contributed by atoms with Crippen LogP contribution >= 0.6 is 0 Å². The van der Waals surface area contributed by atoms with Gasteiger partial charge in [0, 0.05) is 17.4 Å². The van der Waals surface area contributed by atoms with E-state index in [1.807, 2.05) is 0 Å². The smallest absolute Gasteiger partial charge is 0.310 e. The van der Waals surface area contributed by atoms with Gasteiger partial charge < -0.3 is 10.1 Å². The molecular formula is C20H17N3O6S. The van der Waals surface area contributed by atoms with Crippen LogP contribution < -0.4 is 14.8 Å². The van der Waals surface area contributed by atoms with Gasteiger partial charge in [0.25, 0.3) is 15.9 Å². The SMILES string of the molecule is O=C(COc1ccccc1[N+](=O)[O-])Nc1ccc(S(=O)(=O)Nc2ccccc2)cc1. The number of hydrogen-bond donors (Lipinski definition) is 2. The number of benzene rings is 3. The summed E-state index contributed by atoms with van der Waals surface area (Å²) in [6.07, 6.45) is 0. The third-order valence-electron chi connectivity index (χ3n) is 3.90. The molecule has 0 saturated carbocycles. The van der Waals surface area contributed by atoms with Crippen LogP contribution in [0.15, 0.2) is 83.8 Å². The molecule has 0 bridgehead atoms. The molecule has 0 saturated heterocycles. The van der Waals surface area contributed by atoms with Gasteiger partial charge in [-0.2, -0.15) is 0 Å². The van der Waals surface area contributed by atoms with Crippen molar-refractivity contribution in [2.24, 2.45) is 0 Å². The summed E-state index contributed by atoms with van der Waals surface area (Å²) < 4.78 is 32.5. The van der Waals surface area contributed by atoms with Crippen LogP contribution in [0.1, 0.15) is 0 Å². The molecule has 1 amide bonds. The Morgan fingerprint density at radius 1 is 0.900 bits per heavy atom. The van der Waals surface area contributed by atoms with E-state index in [0.717, 1.165) is 0 Å². The van der Waals surface area contributed by atoms with Crippen LogP contribution in [0, 0.1) is 10.1 Å². The summed E-state index contributed by atoms with van der Waals surface area (Å²) in [5.41, 5.74) is 0.539. The molecule has 0 fully saturated rings. The zero-order valence-electron chi connectivity index (χ0n) is 15.5. The van der Waals surface area contributed by atoms with E-state index >= 15 is 0 Å². The van der Waals surface area contributed by atoms with E-state index in [0.29, 0.717) is 11.4 Å². The van der Waals surface area contributed by atoms with Crippen LogP contribution in [0.4, 0.5) is 17.1 Å². The van der Waals surface area contributed by atoms with Crippen molar-refractivity contribution in [1.82, 2.24) is 0 Å². The summed E-state index contributed by atoms with van der Waals surface area (Å²) in [6.45, 7) is -0.444. The molecule has 2 N–H and O–H groups in total. The molecule has 0 aliphatic rings. The number of anilines is 2. The first-order chi connectivity index (χ1) is 14.3. The van der Waals surface area contributed by atoms with Crippen molar-refractivity contribution in [1.29, 1.82) is 0 Å². The number of amides is 1. The van der Waals surface area contributed by atoms with Gasteiger partial charge in [0.2, 0.25) is 0 Å². The van der Waals surface area contributed by atoms with Crippen molar-refractivity contribution in [3.05, 3.63) is 89.0 Å². The van der Waals surface area contributed by atoms with E-state index < -0.39 is 27.5 Å². The summed E-state index contributed by atoms with van der Waals surface area (Å²) in [5.74, 6) is -0.572. The van der Waals surface area contributed by atoms with Gasteiger partial charge in [0.1, 0.15) is 0 Å². The summed E-state index contributed by atoms with van der Waals surface area (Å²) in [4.78, 5) is 22.4. The average molecular weight is 427 g/mol. The number of carbonyl (C=O) groups excluding carboxylic acids is 1. The van der Waals surface area contributed by atoms with Crippen molar-refractivity contribution in [3.63, 3.8) is 0 Å². The second kappa shape index (κ2) is 9.05. The fourth-order valence-electron chi connectivity index (χ4n) is 2.51. The Morgan fingerprint density at radius 2 is 1.53 bits per heavy atom. The molecule has 0 spiro atoms. The third kappa shape index (κ3) is 5.32. The van der Waals surface area contributed by atoms with Gasteiger partial charge in [-0.15, -0.1) is 0 Å². The molecule has 0 unspecified atom stereocenters. The highest BCUT2D eigenvalue weighted by atomic mass is 32.2. The van der Waals surface area contributed by atoms with Gasteiger partial charge in [-0.3, -0.25) is 19.6 Å². The Morgan fingerprint density at radius 3 is 2.20 bits per heavy atom. The van der Waals surface area contributed by atoms with E-state index in [1.54, 1.807) is 36.4 Å². The maximum absolute atomic E-state index is 12.4. The van der Waals surface area contributed by atoms with Gasteiger partial charge in [-0.05, 0) is 42.5 Å². The Bertz CT molecular complexity index is 1150. The van der Waals surface area contributed by atoms with Gasteiger partial charge in [0.05, 0.1) is 9.82 Å². The maximum atomic E-state index is 12.4. The fourth-order valence-corrected chi connectivity index (χ4v) is 3.57. The average Bonchev–Trinajstić information content (AvgIpc) is 2.73. The highest BCUT2D eigenvalue weighted by Crippen LogP contribution is 2.25. The highest BCUT2D eigenvalue weighted by Gasteiger charge is 2.16. The van der Waals surface area contributed by atoms with Crippen molar-refractivity contribution >= 4 is 33.0 Å². The quantitative estimate of drug-likeness (QED) is 0.419. The molecule has 10 heteroatoms. The molecular weight excluding hydrogens is 410 g/mol. The van der Waals surface area contributed by atoms with E-state index in [-0.39, 0.29) is 16.3 Å². The monoisotopic (exact) mass is 427 g/mol. The van der Waals surface area contributed by atoms with E-state index in [9.17, 15) is 23.3 Å². The Kier molecular flexibility index (Phi) is 6.28. The van der Waals surface area contributed by atoms with Crippen molar-refractivity contribution in [2.45, 2.75) is 4.90 Å². The molecule has 0 aliphatic heterocycles. The number of hydrogen-bond acceptors (Lipinski definition) is 6. The lowest BCUT2D eigenvalue weighted by atomic mass is 10.3. The number of nitrogens with one attached hydrogen (secondary N) is 2. The lowest BCUT2D eigenvalue weighted by molar-refractivity contribution is -0.385. The number of ether oxygens (including phenoxy) is 1. The predicted octanol–water partition coefficient (Wildman–Crippen LogP) is 3.41. The number of carbonyl (C=O) groups is 1. The largest absolute Gasteiger partial charge is 0.477 e. The van der Waals surface area contributed by atoms with Gasteiger partial charge in [0.15, 0.2) is 12.4 Å². The number of rotatable bonds is 8. The maximum Gasteiger partial charge on any atom is 0.310 e. The first-order valence-corrected chi connectivity index (χ1v) is 10.2. The van der Waals surface area contributed by atoms with E-state index in [4.69, 9.17) is 4.74 Å². The number of para-hydroxylation sites is 3. The molecule has 0 heterocycles. The zero-order chi connectivity index (χ0) is 21.6. The second-order valence-corrected chi connectivity index (χ2v) is 7.74. The van der Waals surface area contributed by atoms with Crippen LogP contribution in [-0.2, 0) is 14.8 Å². The summed E-state index contributed by atoms with van der Waals surface area (Å²) in [5, 5.41) is 13.5. The summed E-state index contributed by atoms with van der Waals surface area (Å²) in [6, 6.07) is 19.7. The number of sulfonamides is 1. The first-order valence-electron chi connectivity index (χ1n) is 8.69. The molecule has 30 heavy (non-hydrogen) atoms. The molecule has 0 aromatic heterocycles. The van der Waals surface area contributed by atoms with Crippen molar-refractivity contribution in [2.75, 3.05) is 16.6 Å². The van der Waals surface area contributed by atoms with Gasteiger partial charge >= 0.3 is 5.69 Å². The van der Waals surface area contributed by atoms with Crippen LogP contribution in [0.5, 0.6) is 5.75 Å². The van der Waals surface area contributed by atoms with Gasteiger partial charge in [-0.25, -0.2) is 8.42 Å². The number of nitro groups is 1. The molecule has 3 rings (SSSR count). The van der Waals surface area contributed by atoms with Crippen LogP contribution in [0.25, 0.3) is 0 Å². The number of nitro benzene ring substituents is 1. The highest BCUT2D eigenvalue weighted by molar-refractivity contribution is 7.92. The van der Waals surface area contributed by atoms with Gasteiger partial charge in [-0.1, -0.05) is 30.3 Å². The zero-order valence-corrected chi connectivity index (χ0v) is 16.3. The lowest BCUT2D eigenvalue weighted by Gasteiger charge is -2.10. The topological polar surface area (TPSA) is 128 Å². The minimum atomic E-state index is -3.77. The fraction of sp³-hybridized carbons (Fsp3) is 0.0500. The molecule has 0 radical (unpaired) electrons. The summed E-state index contributed by atoms with van der Waals surface area (Å²) in [7, 11) is -3.77. The normalized spacial score (nSPS) is 10.8. The molecule has 0 atom stereocenters. The molecule has 0 aliphatic carbocycles. The Balaban J connectivity index is 1.60. The minimum absolute atomic E-state index is 0.0222. The Labute approximate surface area is 172 Å². The molecule has 3 aromatic rings.